The summed E-state index contributed by atoms with van der Waals surface area (Å²) in [6.45, 7) is 5.63. The second-order valence-electron chi connectivity index (χ2n) is 9.70. The number of alkyl halides is 3. The molecule has 0 spiro atoms. The maximum atomic E-state index is 14.9. The Morgan fingerprint density at radius 1 is 1.17 bits per heavy atom. The van der Waals surface area contributed by atoms with E-state index in [2.05, 4.69) is 11.6 Å². The summed E-state index contributed by atoms with van der Waals surface area (Å²) in [5.74, 6) is -0.251. The van der Waals surface area contributed by atoms with Gasteiger partial charge in [0.05, 0.1) is 24.2 Å². The van der Waals surface area contributed by atoms with Gasteiger partial charge in [0.1, 0.15) is 24.5 Å². The normalized spacial score (nSPS) is 26.8. The maximum Gasteiger partial charge on any atom is 0.416 e. The van der Waals surface area contributed by atoms with Crippen LogP contribution in [0, 0.1) is 17.7 Å². The van der Waals surface area contributed by atoms with Crippen molar-refractivity contribution < 1.29 is 44.1 Å². The van der Waals surface area contributed by atoms with Crippen LogP contribution in [0.1, 0.15) is 35.6 Å². The lowest BCUT2D eigenvalue weighted by Gasteiger charge is -2.58. The molecule has 3 aliphatic heterocycles. The molecule has 2 bridgehead atoms. The zero-order chi connectivity index (χ0) is 24.1. The van der Waals surface area contributed by atoms with Gasteiger partial charge in [-0.25, -0.2) is 4.39 Å². The van der Waals surface area contributed by atoms with Crippen molar-refractivity contribution >= 4 is 10.9 Å². The fourth-order valence-electron chi connectivity index (χ4n) is 6.16. The van der Waals surface area contributed by atoms with Crippen molar-refractivity contribution in [1.82, 2.24) is 4.98 Å². The van der Waals surface area contributed by atoms with Crippen molar-refractivity contribution in [3.8, 4) is 0 Å². The van der Waals surface area contributed by atoms with Crippen LogP contribution in [0.25, 0.3) is 10.9 Å². The number of aromatic nitrogens is 1. The third kappa shape index (κ3) is 4.63. The van der Waals surface area contributed by atoms with E-state index in [-0.39, 0.29) is 41.0 Å². The second kappa shape index (κ2) is 9.64. The van der Waals surface area contributed by atoms with E-state index in [9.17, 15) is 22.7 Å². The van der Waals surface area contributed by atoms with Gasteiger partial charge in [0.2, 0.25) is 0 Å². The average Bonchev–Trinajstić information content (AvgIpc) is 2.84. The van der Waals surface area contributed by atoms with Gasteiger partial charge in [-0.2, -0.15) is 13.2 Å². The Hall–Kier alpha value is -2.29. The van der Waals surface area contributed by atoms with Crippen LogP contribution >= 0.6 is 0 Å². The Morgan fingerprint density at radius 3 is 2.66 bits per heavy atom. The SMILES string of the molecule is C=C[C@H]1C[N+]2(Cc3ccc(C(F)(F)F)cc3F)CC[C@H]1CC2[C@@H](O)c1ccnc2ccccc12.[Br-]. The van der Waals surface area contributed by atoms with Crippen molar-refractivity contribution in [3.63, 3.8) is 0 Å². The van der Waals surface area contributed by atoms with Crippen LogP contribution in [0.5, 0.6) is 0 Å². The number of aliphatic hydroxyl groups excluding tert-OH is 1. The minimum Gasteiger partial charge on any atom is -1.00 e. The highest BCUT2D eigenvalue weighted by molar-refractivity contribution is 5.82. The van der Waals surface area contributed by atoms with Gasteiger partial charge in [-0.05, 0) is 41.8 Å². The quantitative estimate of drug-likeness (QED) is 0.301. The summed E-state index contributed by atoms with van der Waals surface area (Å²) in [5, 5.41) is 12.6. The lowest BCUT2D eigenvalue weighted by atomic mass is 9.71. The van der Waals surface area contributed by atoms with Crippen molar-refractivity contribution in [1.29, 1.82) is 0 Å². The fraction of sp³-hybridized carbons (Fsp3) is 0.370. The molecule has 0 saturated carbocycles. The third-order valence-electron chi connectivity index (χ3n) is 7.91. The van der Waals surface area contributed by atoms with Crippen molar-refractivity contribution in [2.75, 3.05) is 13.1 Å². The van der Waals surface area contributed by atoms with Gasteiger partial charge < -0.3 is 26.6 Å². The molecule has 3 saturated heterocycles. The summed E-state index contributed by atoms with van der Waals surface area (Å²) in [6, 6.07) is 12.0. The van der Waals surface area contributed by atoms with Crippen LogP contribution < -0.4 is 17.0 Å². The fourth-order valence-corrected chi connectivity index (χ4v) is 6.16. The number of aliphatic hydroxyl groups is 1. The molecule has 1 N–H and O–H groups in total. The number of hydrogen-bond acceptors (Lipinski definition) is 2. The number of hydrogen-bond donors (Lipinski definition) is 1. The summed E-state index contributed by atoms with van der Waals surface area (Å²) >= 11 is 0. The first kappa shape index (κ1) is 25.8. The van der Waals surface area contributed by atoms with E-state index in [1.807, 2.05) is 36.4 Å². The molecule has 35 heavy (non-hydrogen) atoms. The monoisotopic (exact) mass is 550 g/mol. The van der Waals surface area contributed by atoms with Crippen LogP contribution in [0.2, 0.25) is 0 Å². The summed E-state index contributed by atoms with van der Waals surface area (Å²) in [5.41, 5.74) is 0.825. The first-order chi connectivity index (χ1) is 16.2. The Morgan fingerprint density at radius 2 is 1.94 bits per heavy atom. The van der Waals surface area contributed by atoms with E-state index in [4.69, 9.17) is 0 Å². The van der Waals surface area contributed by atoms with E-state index in [0.717, 1.165) is 41.9 Å². The molecular weight excluding hydrogens is 524 g/mol. The van der Waals surface area contributed by atoms with E-state index >= 15 is 0 Å². The van der Waals surface area contributed by atoms with E-state index in [1.54, 1.807) is 6.20 Å². The molecule has 3 aromatic rings. The molecule has 2 aromatic carbocycles. The topological polar surface area (TPSA) is 33.1 Å². The highest BCUT2D eigenvalue weighted by Crippen LogP contribution is 2.48. The maximum absolute atomic E-state index is 14.9. The van der Waals surface area contributed by atoms with Crippen LogP contribution in [0.15, 0.2) is 67.4 Å². The van der Waals surface area contributed by atoms with Crippen LogP contribution in [0.3, 0.4) is 0 Å². The number of piperidine rings is 3. The van der Waals surface area contributed by atoms with Crippen LogP contribution in [-0.2, 0) is 12.7 Å². The van der Waals surface area contributed by atoms with Crippen molar-refractivity contribution in [3.05, 3.63) is 89.9 Å². The number of benzene rings is 2. The highest BCUT2D eigenvalue weighted by atomic mass is 79.9. The lowest BCUT2D eigenvalue weighted by Crippen LogP contribution is -3.00. The first-order valence-corrected chi connectivity index (χ1v) is 11.6. The molecule has 8 heteroatoms. The van der Waals surface area contributed by atoms with Gasteiger partial charge >= 0.3 is 6.18 Å². The number of fused-ring (bicyclic) bond motifs is 4. The summed E-state index contributed by atoms with van der Waals surface area (Å²) in [6.07, 6.45) is -0.117. The van der Waals surface area contributed by atoms with E-state index in [1.165, 1.54) is 6.07 Å². The predicted octanol–water partition coefficient (Wildman–Crippen LogP) is 3.04. The van der Waals surface area contributed by atoms with Crippen molar-refractivity contribution in [2.45, 2.75) is 37.7 Å². The Kier molecular flexibility index (Phi) is 7.10. The zero-order valence-electron chi connectivity index (χ0n) is 19.1. The van der Waals surface area contributed by atoms with Gasteiger partial charge in [0.15, 0.2) is 0 Å². The number of halogens is 5. The average molecular weight is 551 g/mol. The molecule has 3 nitrogen and oxygen atoms in total. The smallest absolute Gasteiger partial charge is 0.416 e. The largest absolute Gasteiger partial charge is 1.00 e. The molecule has 1 aromatic heterocycles. The molecular formula is C27H27BrF4N2O. The Bertz CT molecular complexity index is 1230. The number of quaternary nitrogens is 1. The molecule has 0 aliphatic carbocycles. The van der Waals surface area contributed by atoms with Gasteiger partial charge in [-0.1, -0.05) is 24.3 Å². The molecule has 2 unspecified atom stereocenters. The lowest BCUT2D eigenvalue weighted by molar-refractivity contribution is -0.985. The Balaban J connectivity index is 0.00000289. The molecule has 186 valence electrons. The van der Waals surface area contributed by atoms with Gasteiger partial charge in [0.25, 0.3) is 0 Å². The third-order valence-corrected chi connectivity index (χ3v) is 7.91. The molecule has 0 radical (unpaired) electrons. The molecule has 5 atom stereocenters. The minimum atomic E-state index is -4.59. The number of rotatable bonds is 5. The number of nitrogens with zero attached hydrogens (tertiary/aromatic N) is 2. The van der Waals surface area contributed by atoms with Crippen LogP contribution in [-0.4, -0.2) is 33.7 Å². The van der Waals surface area contributed by atoms with Crippen molar-refractivity contribution in [2.24, 2.45) is 11.8 Å². The predicted molar refractivity (Wildman–Crippen MR) is 122 cm³/mol. The number of pyridine rings is 1. The summed E-state index contributed by atoms with van der Waals surface area (Å²) in [7, 11) is 0. The standard InChI is InChI=1S/C27H27F4N2O.BrH/c1-2-17-15-33(16-19-7-8-20(14-23(19)28)27(29,30)31)12-10-18(17)13-25(33)26(34)22-9-11-32-24-6-4-3-5-21(22)24;/h2-9,11,14,17-18,25-26,34H,1,10,12-13,15-16H2;1H/q+1;/p-1/t17-,18-,25?,26-,33?;/m0./s1. The number of para-hydroxylation sites is 1. The van der Waals surface area contributed by atoms with Gasteiger partial charge in [0, 0.05) is 35.9 Å². The molecule has 3 aliphatic rings. The zero-order valence-corrected chi connectivity index (χ0v) is 20.6. The van der Waals surface area contributed by atoms with Gasteiger partial charge in [-0.3, -0.25) is 4.98 Å². The Labute approximate surface area is 212 Å². The molecule has 4 heterocycles. The summed E-state index contributed by atoms with van der Waals surface area (Å²) in [4.78, 5) is 4.40. The van der Waals surface area contributed by atoms with Gasteiger partial charge in [-0.15, -0.1) is 6.58 Å². The van der Waals surface area contributed by atoms with Crippen LogP contribution in [0.4, 0.5) is 17.6 Å². The first-order valence-electron chi connectivity index (χ1n) is 11.6. The highest BCUT2D eigenvalue weighted by Gasteiger charge is 2.54. The summed E-state index contributed by atoms with van der Waals surface area (Å²) < 4.78 is 54.5. The minimum absolute atomic E-state index is 0. The molecule has 0 amide bonds. The van der Waals surface area contributed by atoms with E-state index in [0.29, 0.717) is 23.0 Å². The molecule has 6 rings (SSSR count). The second-order valence-corrected chi connectivity index (χ2v) is 9.70. The molecule has 3 fully saturated rings. The van der Waals surface area contributed by atoms with E-state index < -0.39 is 23.7 Å².